The second-order valence-corrected chi connectivity index (χ2v) is 11.8. The summed E-state index contributed by atoms with van der Waals surface area (Å²) in [5, 5.41) is 15.4. The number of carboxylic acids is 1. The summed E-state index contributed by atoms with van der Waals surface area (Å²) in [4.78, 5) is 60.9. The van der Waals surface area contributed by atoms with Gasteiger partial charge in [0.05, 0.1) is 0 Å². The number of ether oxygens (including phenoxy) is 1. The van der Waals surface area contributed by atoms with Crippen LogP contribution in [0.3, 0.4) is 0 Å². The fourth-order valence-electron chi connectivity index (χ4n) is 3.16. The third-order valence-electron chi connectivity index (χ3n) is 4.65. The molecule has 16 heteroatoms. The van der Waals surface area contributed by atoms with Gasteiger partial charge in [0.2, 0.25) is 17.6 Å². The molecule has 0 aromatic carbocycles. The number of aromatic nitrogens is 2. The molecule has 2 aliphatic heterocycles. The van der Waals surface area contributed by atoms with Crippen LogP contribution in [0.4, 0.5) is 5.13 Å². The first kappa shape index (κ1) is 27.7. The molecular weight excluding hydrogens is 532 g/mol. The number of nitrogen functional groups attached to an aromatic ring is 1. The van der Waals surface area contributed by atoms with Crippen molar-refractivity contribution in [3.63, 3.8) is 0 Å². The van der Waals surface area contributed by atoms with Gasteiger partial charge in [0, 0.05) is 22.2 Å². The smallest absolute Gasteiger partial charge is 0.353 e. The molecule has 36 heavy (non-hydrogen) atoms. The first-order chi connectivity index (χ1) is 16.8. The van der Waals surface area contributed by atoms with E-state index in [0.29, 0.717) is 16.4 Å². The van der Waals surface area contributed by atoms with E-state index < -0.39 is 52.6 Å². The van der Waals surface area contributed by atoms with Crippen molar-refractivity contribution in [3.05, 3.63) is 16.4 Å². The van der Waals surface area contributed by atoms with Gasteiger partial charge in [0.15, 0.2) is 5.13 Å². The third kappa shape index (κ3) is 6.10. The number of oxime groups is 1. The molecule has 13 nitrogen and oxygen atoms in total. The Balaban J connectivity index is 1.78. The molecule has 3 rings (SSSR count). The first-order valence-electron chi connectivity index (χ1n) is 10.7. The maximum absolute atomic E-state index is 13.1. The number of nitrogens with one attached hydrogen (secondary N) is 1. The van der Waals surface area contributed by atoms with E-state index in [4.69, 9.17) is 15.3 Å². The van der Waals surface area contributed by atoms with Gasteiger partial charge in [0.1, 0.15) is 22.7 Å². The number of nitrogens with two attached hydrogens (primary N) is 1. The first-order valence-corrected chi connectivity index (χ1v) is 13.6. The van der Waals surface area contributed by atoms with E-state index in [9.17, 15) is 24.3 Å². The lowest BCUT2D eigenvalue weighted by atomic mass is 10.0. The van der Waals surface area contributed by atoms with Crippen molar-refractivity contribution in [1.29, 1.82) is 0 Å². The van der Waals surface area contributed by atoms with Crippen molar-refractivity contribution >= 4 is 69.7 Å². The SMILES string of the molecule is CCSC1=C(C(=O)O)N2C(=O)C(NC(=O)/C(=N/OC(C)C(=O)OC(C)(C)C)c3nsc(N)n3)[C@H]2SC1. The number of rotatable bonds is 9. The zero-order valence-electron chi connectivity index (χ0n) is 20.1. The molecule has 2 unspecified atom stereocenters. The summed E-state index contributed by atoms with van der Waals surface area (Å²) < 4.78 is 9.20. The van der Waals surface area contributed by atoms with Gasteiger partial charge in [-0.25, -0.2) is 9.59 Å². The highest BCUT2D eigenvalue weighted by atomic mass is 32.2. The van der Waals surface area contributed by atoms with Crippen LogP contribution in [-0.4, -0.2) is 83.5 Å². The summed E-state index contributed by atoms with van der Waals surface area (Å²) in [6.45, 7) is 8.37. The minimum absolute atomic E-state index is 0.0663. The Labute approximate surface area is 219 Å². The fraction of sp³-hybridized carbons (Fsp3) is 0.550. The van der Waals surface area contributed by atoms with Crippen molar-refractivity contribution in [2.75, 3.05) is 17.2 Å². The fourth-order valence-corrected chi connectivity index (χ4v) is 6.00. The average molecular weight is 559 g/mol. The van der Waals surface area contributed by atoms with E-state index in [1.54, 1.807) is 20.8 Å². The lowest BCUT2D eigenvalue weighted by Crippen LogP contribution is -2.71. The third-order valence-corrected chi connectivity index (χ3v) is 7.63. The molecule has 0 bridgehead atoms. The lowest BCUT2D eigenvalue weighted by molar-refractivity contribution is -0.167. The van der Waals surface area contributed by atoms with Crippen molar-refractivity contribution < 1.29 is 33.9 Å². The molecule has 0 spiro atoms. The van der Waals surface area contributed by atoms with Crippen LogP contribution in [-0.2, 0) is 28.8 Å². The molecule has 0 aliphatic carbocycles. The van der Waals surface area contributed by atoms with E-state index in [0.717, 1.165) is 11.5 Å². The van der Waals surface area contributed by atoms with Crippen LogP contribution in [0, 0.1) is 0 Å². The Morgan fingerprint density at radius 1 is 1.39 bits per heavy atom. The maximum Gasteiger partial charge on any atom is 0.353 e. The summed E-state index contributed by atoms with van der Waals surface area (Å²) >= 11 is 3.52. The molecular formula is C20H26N6O7S3. The number of carbonyl (C=O) groups is 4. The number of esters is 1. The molecule has 0 radical (unpaired) electrons. The number of β-lactam (4-membered cyclic amide) rings is 1. The highest BCUT2D eigenvalue weighted by molar-refractivity contribution is 8.06. The van der Waals surface area contributed by atoms with Crippen LogP contribution in [0.5, 0.6) is 0 Å². The quantitative estimate of drug-likeness (QED) is 0.169. The summed E-state index contributed by atoms with van der Waals surface area (Å²) in [6.07, 6.45) is -1.16. The van der Waals surface area contributed by atoms with Crippen molar-refractivity contribution in [2.45, 2.75) is 57.7 Å². The molecule has 3 heterocycles. The zero-order valence-corrected chi connectivity index (χ0v) is 22.6. The Morgan fingerprint density at radius 3 is 2.64 bits per heavy atom. The number of thioether (sulfide) groups is 2. The largest absolute Gasteiger partial charge is 0.477 e. The Kier molecular flexibility index (Phi) is 8.51. The molecule has 1 aromatic heterocycles. The van der Waals surface area contributed by atoms with Gasteiger partial charge in [0.25, 0.3) is 11.8 Å². The number of amides is 2. The van der Waals surface area contributed by atoms with Crippen molar-refractivity contribution in [2.24, 2.45) is 5.16 Å². The van der Waals surface area contributed by atoms with Crippen LogP contribution < -0.4 is 11.1 Å². The normalized spacial score (nSPS) is 20.9. The Bertz CT molecular complexity index is 1130. The number of carboxylic acid groups (broad SMARTS) is 1. The maximum atomic E-state index is 13.1. The predicted molar refractivity (Wildman–Crippen MR) is 135 cm³/mol. The second kappa shape index (κ2) is 11.0. The van der Waals surface area contributed by atoms with Crippen LogP contribution in [0.2, 0.25) is 0 Å². The predicted octanol–water partition coefficient (Wildman–Crippen LogP) is 1.02. The number of hydrogen-bond donors (Lipinski definition) is 3. The van der Waals surface area contributed by atoms with Gasteiger partial charge < -0.3 is 25.7 Å². The molecule has 0 saturated carbocycles. The second-order valence-electron chi connectivity index (χ2n) is 8.55. The van der Waals surface area contributed by atoms with Gasteiger partial charge in [-0.3, -0.25) is 14.5 Å². The van der Waals surface area contributed by atoms with Crippen LogP contribution in [0.1, 0.15) is 40.4 Å². The molecule has 196 valence electrons. The molecule has 1 fully saturated rings. The number of carbonyl (C=O) groups excluding carboxylic acids is 3. The molecule has 2 amide bonds. The highest BCUT2D eigenvalue weighted by Gasteiger charge is 2.54. The van der Waals surface area contributed by atoms with E-state index in [2.05, 4.69) is 19.8 Å². The van der Waals surface area contributed by atoms with Gasteiger partial charge in [-0.05, 0) is 33.4 Å². The van der Waals surface area contributed by atoms with Gasteiger partial charge in [-0.1, -0.05) is 12.1 Å². The standard InChI is InChI=1S/C20H26N6O7S3/c1-6-34-9-7-35-16-11(15(28)26(16)12(9)17(29)30)22-14(27)10(13-23-19(21)36-25-13)24-33-8(2)18(31)32-20(3,4)5/h8,11,16H,6-7H2,1-5H3,(H,22,27)(H,29,30)(H2,21,23,25)/b24-10+/t8?,11?,16-/m1/s1. The molecule has 2 aliphatic rings. The number of fused-ring (bicyclic) bond motifs is 1. The zero-order chi connectivity index (χ0) is 26.8. The van der Waals surface area contributed by atoms with Crippen LogP contribution in [0.25, 0.3) is 0 Å². The summed E-state index contributed by atoms with van der Waals surface area (Å²) in [6, 6.07) is -1.01. The van der Waals surface area contributed by atoms with Gasteiger partial charge in [-0.2, -0.15) is 9.36 Å². The minimum atomic E-state index is -1.21. The van der Waals surface area contributed by atoms with Gasteiger partial charge >= 0.3 is 11.9 Å². The monoisotopic (exact) mass is 558 g/mol. The molecule has 3 atom stereocenters. The summed E-state index contributed by atoms with van der Waals surface area (Å²) in [5.74, 6) is -2.43. The van der Waals surface area contributed by atoms with Crippen LogP contribution >= 0.6 is 35.1 Å². The molecule has 1 aromatic rings. The summed E-state index contributed by atoms with van der Waals surface area (Å²) in [5.41, 5.74) is 4.41. The highest BCUT2D eigenvalue weighted by Crippen LogP contribution is 2.43. The number of aliphatic carboxylic acids is 1. The number of anilines is 1. The van der Waals surface area contributed by atoms with Crippen molar-refractivity contribution in [1.82, 2.24) is 19.6 Å². The topological polar surface area (TPSA) is 186 Å². The number of hydrogen-bond acceptors (Lipinski definition) is 13. The van der Waals surface area contributed by atoms with E-state index in [1.165, 1.54) is 35.3 Å². The summed E-state index contributed by atoms with van der Waals surface area (Å²) in [7, 11) is 0. The van der Waals surface area contributed by atoms with E-state index >= 15 is 0 Å². The van der Waals surface area contributed by atoms with Crippen LogP contribution in [0.15, 0.2) is 15.8 Å². The molecule has 4 N–H and O–H groups in total. The average Bonchev–Trinajstić information content (AvgIpc) is 3.21. The molecule has 1 saturated heterocycles. The van der Waals surface area contributed by atoms with E-state index in [1.807, 2.05) is 6.92 Å². The van der Waals surface area contributed by atoms with Gasteiger partial charge in [-0.15, -0.1) is 23.5 Å². The lowest BCUT2D eigenvalue weighted by Gasteiger charge is -2.49. The minimum Gasteiger partial charge on any atom is -0.477 e. The van der Waals surface area contributed by atoms with Crippen molar-refractivity contribution in [3.8, 4) is 0 Å². The Hall–Kier alpha value is -2.85. The Morgan fingerprint density at radius 2 is 2.08 bits per heavy atom. The van der Waals surface area contributed by atoms with E-state index in [-0.39, 0.29) is 16.7 Å². The number of nitrogens with zero attached hydrogens (tertiary/aromatic N) is 4.